The summed E-state index contributed by atoms with van der Waals surface area (Å²) in [5.74, 6) is -17.1. The van der Waals surface area contributed by atoms with Gasteiger partial charge in [-0.15, -0.1) is 12.1 Å². The normalized spacial score (nSPS) is 9.13. The molecule has 0 aromatic heterocycles. The van der Waals surface area contributed by atoms with Crippen molar-refractivity contribution in [3.63, 3.8) is 0 Å². The van der Waals surface area contributed by atoms with Crippen LogP contribution in [0.3, 0.4) is 0 Å². The van der Waals surface area contributed by atoms with Gasteiger partial charge in [-0.3, -0.25) is 8.78 Å². The molecule has 0 saturated heterocycles. The number of phenols is 1. The van der Waals surface area contributed by atoms with Crippen molar-refractivity contribution in [1.82, 2.24) is 0 Å². The van der Waals surface area contributed by atoms with Gasteiger partial charge in [0, 0.05) is 49.6 Å². The fourth-order valence-corrected chi connectivity index (χ4v) is 3.14. The summed E-state index contributed by atoms with van der Waals surface area (Å²) in [6, 6.07) is 7.50. The van der Waals surface area contributed by atoms with Crippen LogP contribution in [0.25, 0.3) is 0 Å². The van der Waals surface area contributed by atoms with Crippen molar-refractivity contribution in [2.24, 2.45) is 0 Å². The maximum Gasteiger partial charge on any atom is 2.00 e. The van der Waals surface area contributed by atoms with Crippen LogP contribution in [-0.4, -0.2) is 98.9 Å². The number of benzene rings is 4. The number of aromatic hydroxyl groups is 1. The second-order valence-corrected chi connectivity index (χ2v) is 9.38. The van der Waals surface area contributed by atoms with Crippen molar-refractivity contribution >= 4 is 93.9 Å². The largest absolute Gasteiger partial charge is 2.00 e. The van der Waals surface area contributed by atoms with Crippen LogP contribution in [0, 0.1) is 75.9 Å². The Morgan fingerprint density at radius 1 is 0.585 bits per heavy atom. The monoisotopic (exact) mass is 922 g/mol. The molecule has 0 aliphatic heterocycles. The summed E-state index contributed by atoms with van der Waals surface area (Å²) in [6.07, 6.45) is 0.443. The van der Waals surface area contributed by atoms with Gasteiger partial charge in [0.2, 0.25) is 0 Å². The van der Waals surface area contributed by atoms with Gasteiger partial charge < -0.3 is 48.5 Å². The van der Waals surface area contributed by atoms with Gasteiger partial charge in [0.15, 0.2) is 52.4 Å². The van der Waals surface area contributed by atoms with E-state index in [2.05, 4.69) is 36.0 Å². The average molecular weight is 925 g/mol. The second kappa shape index (κ2) is 30.0. The van der Waals surface area contributed by atoms with Crippen molar-refractivity contribution in [1.29, 1.82) is 0 Å². The molecule has 4 aromatic carbocycles. The van der Waals surface area contributed by atoms with E-state index in [1.54, 1.807) is 0 Å². The standard InChI is InChI=1S/C8H4BF3O2.C6H2BrF3.C6H3F3O.C6H2F3.C3H9BO3.BrH.2Mg.2H/c10-6-1-5(9(3-13)4-14)2-7(11)8(6)12;7-3-1-4(8)6(10)5(9)2-3;7-4-1-3(10)2-5(8)6(4)9;7-4-2-1-3-5(8)6(4)9;1-5-4(6-2)7-3;;;;;/h1-4H;1-2H;1-2,10H;2-3H;1-3H3;1H;;;;/q;;;-1;;;2*+2;2*-1/p-1. The number of carbonyl (C=O) groups is 2. The molecule has 4 rings (SSSR count). The maximum atomic E-state index is 12.6. The van der Waals surface area contributed by atoms with E-state index in [1.165, 1.54) is 21.3 Å². The molecule has 1 N–H and O–H groups in total. The first-order valence-corrected chi connectivity index (χ1v) is 13.5. The van der Waals surface area contributed by atoms with E-state index in [9.17, 15) is 62.3 Å². The third-order valence-electron chi connectivity index (χ3n) is 5.02. The third-order valence-corrected chi connectivity index (χ3v) is 5.48. The summed E-state index contributed by atoms with van der Waals surface area (Å²) in [6.45, 7) is -1.26. The molecule has 0 radical (unpaired) electrons. The van der Waals surface area contributed by atoms with E-state index in [-0.39, 0.29) is 88.2 Å². The maximum absolute atomic E-state index is 12.6. The number of carbonyl (C=O) groups excluding carboxylic acids is 2. The Balaban J connectivity index is -0.000000136. The molecule has 6 nitrogen and oxygen atoms in total. The van der Waals surface area contributed by atoms with Gasteiger partial charge >= 0.3 is 60.1 Å². The van der Waals surface area contributed by atoms with Gasteiger partial charge in [-0.25, -0.2) is 43.9 Å². The first-order chi connectivity index (χ1) is 23.4. The molecule has 0 spiro atoms. The SMILES string of the molecule is COB(OC)OC.Fc1c[c-]cc(F)c1F.Fc1cc(Br)cc(F)c1F.O=CB(C=O)c1cc(F)c(F)c(F)c1.Oc1cc(F)c(F)c(F)c1.[Br-].[H-].[H-].[Mg+2].[Mg+2]. The average Bonchev–Trinajstić information content (AvgIpc) is 3.06. The van der Waals surface area contributed by atoms with Crippen LogP contribution in [-0.2, 0) is 23.6 Å². The van der Waals surface area contributed by atoms with Gasteiger partial charge in [0.25, 0.3) is 0 Å². The summed E-state index contributed by atoms with van der Waals surface area (Å²) in [5, 5.41) is 8.47. The molecule has 0 aliphatic rings. The number of phenolic OH excluding ortho intramolecular Hbond substituents is 1. The van der Waals surface area contributed by atoms with E-state index < -0.39 is 89.6 Å². The second-order valence-electron chi connectivity index (χ2n) is 8.46. The summed E-state index contributed by atoms with van der Waals surface area (Å²) in [5.41, 5.74) is -0.202. The Labute approximate surface area is 349 Å². The van der Waals surface area contributed by atoms with Crippen LogP contribution < -0.4 is 22.4 Å². The van der Waals surface area contributed by atoms with Gasteiger partial charge in [-0.2, -0.15) is 6.07 Å². The Hall–Kier alpha value is -2.32. The topological polar surface area (TPSA) is 82.1 Å². The van der Waals surface area contributed by atoms with E-state index in [0.717, 1.165) is 24.3 Å². The molecular weight excluding hydrogens is 902 g/mol. The predicted octanol–water partition coefficient (Wildman–Crippen LogP) is 3.31. The van der Waals surface area contributed by atoms with Crippen LogP contribution in [0.2, 0.25) is 0 Å². The van der Waals surface area contributed by atoms with E-state index >= 15 is 0 Å². The molecule has 0 unspecified atom stereocenters. The smallest absolute Gasteiger partial charge is 1.00 e. The van der Waals surface area contributed by atoms with Crippen LogP contribution in [0.4, 0.5) is 52.7 Å². The molecule has 0 heterocycles. The molecular formula is C29H22B2Br2F12Mg2O6. The summed E-state index contributed by atoms with van der Waals surface area (Å²) >= 11 is 2.80. The molecule has 0 saturated carbocycles. The van der Waals surface area contributed by atoms with Crippen molar-refractivity contribution in [3.05, 3.63) is 129 Å². The van der Waals surface area contributed by atoms with Gasteiger partial charge in [-0.1, -0.05) is 21.4 Å². The van der Waals surface area contributed by atoms with E-state index in [0.29, 0.717) is 24.3 Å². The molecule has 282 valence electrons. The molecule has 0 amide bonds. The molecule has 0 fully saturated rings. The summed E-state index contributed by atoms with van der Waals surface area (Å²) in [4.78, 5) is 20.5. The Kier molecular flexibility index (Phi) is 32.5. The first kappa shape index (κ1) is 57.4. The van der Waals surface area contributed by atoms with E-state index in [4.69, 9.17) is 5.11 Å². The fourth-order valence-electron chi connectivity index (χ4n) is 2.74. The van der Waals surface area contributed by atoms with Crippen LogP contribution >= 0.6 is 15.9 Å². The zero-order valence-electron chi connectivity index (χ0n) is 29.1. The minimum absolute atomic E-state index is 0. The Bertz CT molecular complexity index is 1570. The zero-order chi connectivity index (χ0) is 38.7. The van der Waals surface area contributed by atoms with Crippen LogP contribution in [0.5, 0.6) is 5.75 Å². The third kappa shape index (κ3) is 20.8. The number of hydrogen-bond donors (Lipinski definition) is 1. The van der Waals surface area contributed by atoms with Crippen molar-refractivity contribution < 1.29 is 101 Å². The summed E-state index contributed by atoms with van der Waals surface area (Å²) in [7, 11) is 4.02. The zero-order valence-corrected chi connectivity index (χ0v) is 33.1. The number of hydrogen-bond acceptors (Lipinski definition) is 6. The van der Waals surface area contributed by atoms with Crippen LogP contribution in [0.1, 0.15) is 2.85 Å². The molecule has 24 heteroatoms. The number of rotatable bonds is 6. The van der Waals surface area contributed by atoms with Gasteiger partial charge in [-0.05, 0) is 24.3 Å². The molecule has 0 bridgehead atoms. The fraction of sp³-hybridized carbons (Fsp3) is 0.103. The van der Waals surface area contributed by atoms with Gasteiger partial charge in [0.1, 0.15) is 5.75 Å². The van der Waals surface area contributed by atoms with Crippen molar-refractivity contribution in [2.75, 3.05) is 21.3 Å². The van der Waals surface area contributed by atoms with Crippen molar-refractivity contribution in [2.45, 2.75) is 0 Å². The van der Waals surface area contributed by atoms with Crippen molar-refractivity contribution in [3.8, 4) is 5.75 Å². The predicted molar refractivity (Wildman–Crippen MR) is 173 cm³/mol. The summed E-state index contributed by atoms with van der Waals surface area (Å²) < 4.78 is 160. The van der Waals surface area contributed by atoms with Gasteiger partial charge in [0.05, 0.1) is 18.2 Å². The quantitative estimate of drug-likeness (QED) is 0.0800. The molecule has 0 atom stereocenters. The minimum atomic E-state index is -1.62. The Morgan fingerprint density at radius 3 is 1.13 bits per heavy atom. The molecule has 4 aromatic rings. The molecule has 0 aliphatic carbocycles. The Morgan fingerprint density at radius 2 is 0.868 bits per heavy atom. The van der Waals surface area contributed by atoms with Crippen LogP contribution in [0.15, 0.2) is 53.0 Å². The first-order valence-electron chi connectivity index (χ1n) is 12.7. The molecule has 53 heavy (non-hydrogen) atoms. The number of halogens is 14. The van der Waals surface area contributed by atoms with E-state index in [1.807, 2.05) is 0 Å². The minimum Gasteiger partial charge on any atom is -1.00 e.